The maximum absolute atomic E-state index is 12.7. The Bertz CT molecular complexity index is 1020. The first-order chi connectivity index (χ1) is 13.6. The average molecular weight is 397 g/mol. The van der Waals surface area contributed by atoms with E-state index in [1.165, 1.54) is 11.3 Å². The van der Waals surface area contributed by atoms with Crippen molar-refractivity contribution in [1.29, 1.82) is 0 Å². The summed E-state index contributed by atoms with van der Waals surface area (Å²) in [5.74, 6) is 0.371. The van der Waals surface area contributed by atoms with Gasteiger partial charge in [-0.1, -0.05) is 23.5 Å². The molecule has 0 radical (unpaired) electrons. The minimum absolute atomic E-state index is 0.129. The summed E-state index contributed by atoms with van der Waals surface area (Å²) in [6.07, 6.45) is 0.136. The van der Waals surface area contributed by atoms with Crippen LogP contribution in [0.25, 0.3) is 10.2 Å². The largest absolute Gasteiger partial charge is 0.497 e. The number of rotatable bonds is 5. The van der Waals surface area contributed by atoms with Crippen molar-refractivity contribution in [2.24, 2.45) is 5.92 Å². The molecule has 0 aliphatic carbocycles. The Balaban J connectivity index is 1.52. The van der Waals surface area contributed by atoms with Crippen LogP contribution < -0.4 is 19.7 Å². The molecule has 0 unspecified atom stereocenters. The van der Waals surface area contributed by atoms with Crippen molar-refractivity contribution in [1.82, 2.24) is 4.98 Å². The number of amides is 2. The molecule has 3 aromatic rings. The fourth-order valence-corrected chi connectivity index (χ4v) is 4.13. The number of carbonyl (C=O) groups excluding carboxylic acids is 2. The molecule has 4 rings (SSSR count). The lowest BCUT2D eigenvalue weighted by atomic mass is 10.1. The zero-order valence-electron chi connectivity index (χ0n) is 15.5. The van der Waals surface area contributed by atoms with Gasteiger partial charge in [0, 0.05) is 19.0 Å². The van der Waals surface area contributed by atoms with Gasteiger partial charge in [0.1, 0.15) is 11.5 Å². The van der Waals surface area contributed by atoms with Crippen molar-refractivity contribution in [3.63, 3.8) is 0 Å². The summed E-state index contributed by atoms with van der Waals surface area (Å²) in [6, 6.07) is 12.9. The second-order valence-electron chi connectivity index (χ2n) is 6.42. The number of nitrogens with zero attached hydrogens (tertiary/aromatic N) is 2. The standard InChI is InChI=1S/C20H19N3O4S/c1-26-13-7-8-16(27-2)15(10-13)23-11-12(9-18(23)24)19(25)22-20-21-14-5-3-4-6-17(14)28-20/h3-8,10,12H,9,11H2,1-2H3,(H,21,22,25)/t12-/m1/s1. The van der Waals surface area contributed by atoms with Crippen molar-refractivity contribution < 1.29 is 19.1 Å². The highest BCUT2D eigenvalue weighted by Gasteiger charge is 2.36. The van der Waals surface area contributed by atoms with Crippen LogP contribution in [0, 0.1) is 5.92 Å². The number of hydrogen-bond acceptors (Lipinski definition) is 6. The van der Waals surface area contributed by atoms with E-state index in [4.69, 9.17) is 9.47 Å². The molecule has 7 nitrogen and oxygen atoms in total. The lowest BCUT2D eigenvalue weighted by molar-refractivity contribution is -0.122. The first kappa shape index (κ1) is 18.2. The highest BCUT2D eigenvalue weighted by molar-refractivity contribution is 7.22. The van der Waals surface area contributed by atoms with E-state index in [9.17, 15) is 9.59 Å². The average Bonchev–Trinajstić information content (AvgIpc) is 3.30. The van der Waals surface area contributed by atoms with E-state index in [0.29, 0.717) is 22.3 Å². The molecule has 1 fully saturated rings. The third-order valence-electron chi connectivity index (χ3n) is 4.70. The predicted octanol–water partition coefficient (Wildman–Crippen LogP) is 3.31. The van der Waals surface area contributed by atoms with Crippen molar-refractivity contribution in [2.45, 2.75) is 6.42 Å². The molecule has 144 valence electrons. The zero-order chi connectivity index (χ0) is 19.7. The Labute approximate surface area is 165 Å². The SMILES string of the molecule is COc1ccc(OC)c(N2C[C@H](C(=O)Nc3nc4ccccc4s3)CC2=O)c1. The van der Waals surface area contributed by atoms with E-state index in [-0.39, 0.29) is 24.8 Å². The number of carbonyl (C=O) groups is 2. The quantitative estimate of drug-likeness (QED) is 0.714. The smallest absolute Gasteiger partial charge is 0.231 e. The third kappa shape index (κ3) is 3.38. The van der Waals surface area contributed by atoms with Crippen LogP contribution in [-0.2, 0) is 9.59 Å². The fraction of sp³-hybridized carbons (Fsp3) is 0.250. The number of fused-ring (bicyclic) bond motifs is 1. The van der Waals surface area contributed by atoms with Crippen LogP contribution in [0.1, 0.15) is 6.42 Å². The second kappa shape index (κ2) is 7.47. The molecule has 1 aliphatic heterocycles. The number of para-hydroxylation sites is 1. The van der Waals surface area contributed by atoms with Crippen LogP contribution in [0.4, 0.5) is 10.8 Å². The number of nitrogens with one attached hydrogen (secondary N) is 1. The topological polar surface area (TPSA) is 80.8 Å². The van der Waals surface area contributed by atoms with Gasteiger partial charge in [0.15, 0.2) is 5.13 Å². The maximum Gasteiger partial charge on any atom is 0.231 e. The van der Waals surface area contributed by atoms with Crippen LogP contribution in [-0.4, -0.2) is 37.6 Å². The predicted molar refractivity (Wildman–Crippen MR) is 108 cm³/mol. The number of methoxy groups -OCH3 is 2. The summed E-state index contributed by atoms with van der Waals surface area (Å²) in [6.45, 7) is 0.277. The number of hydrogen-bond donors (Lipinski definition) is 1. The first-order valence-corrected chi connectivity index (χ1v) is 9.59. The summed E-state index contributed by atoms with van der Waals surface area (Å²) in [5, 5.41) is 3.39. The summed E-state index contributed by atoms with van der Waals surface area (Å²) >= 11 is 1.42. The van der Waals surface area contributed by atoms with Gasteiger partial charge in [-0.25, -0.2) is 4.98 Å². The molecular weight excluding hydrogens is 378 g/mol. The molecule has 8 heteroatoms. The lowest BCUT2D eigenvalue weighted by Gasteiger charge is -2.20. The van der Waals surface area contributed by atoms with Gasteiger partial charge in [-0.2, -0.15) is 0 Å². The van der Waals surface area contributed by atoms with E-state index in [1.54, 1.807) is 37.3 Å². The number of ether oxygens (including phenoxy) is 2. The zero-order valence-corrected chi connectivity index (χ0v) is 16.3. The van der Waals surface area contributed by atoms with Crippen molar-refractivity contribution in [3.8, 4) is 11.5 Å². The molecule has 28 heavy (non-hydrogen) atoms. The van der Waals surface area contributed by atoms with Gasteiger partial charge in [0.05, 0.1) is 36.0 Å². The van der Waals surface area contributed by atoms with Crippen LogP contribution in [0.15, 0.2) is 42.5 Å². The van der Waals surface area contributed by atoms with E-state index in [1.807, 2.05) is 24.3 Å². The van der Waals surface area contributed by atoms with Gasteiger partial charge in [0.2, 0.25) is 11.8 Å². The van der Waals surface area contributed by atoms with E-state index < -0.39 is 5.92 Å². The summed E-state index contributed by atoms with van der Waals surface area (Å²) < 4.78 is 11.6. The summed E-state index contributed by atoms with van der Waals surface area (Å²) in [7, 11) is 3.11. The van der Waals surface area contributed by atoms with Gasteiger partial charge < -0.3 is 19.7 Å². The maximum atomic E-state index is 12.7. The van der Waals surface area contributed by atoms with Gasteiger partial charge in [-0.15, -0.1) is 0 Å². The molecule has 0 saturated carbocycles. The molecule has 1 aliphatic rings. The van der Waals surface area contributed by atoms with Crippen LogP contribution in [0.3, 0.4) is 0 Å². The van der Waals surface area contributed by atoms with Gasteiger partial charge >= 0.3 is 0 Å². The molecule has 2 heterocycles. The number of anilines is 2. The summed E-state index contributed by atoms with van der Waals surface area (Å²) in [5.41, 5.74) is 1.44. The van der Waals surface area contributed by atoms with Gasteiger partial charge in [-0.3, -0.25) is 9.59 Å². The molecule has 2 amide bonds. The normalized spacial score (nSPS) is 16.4. The Hall–Kier alpha value is -3.13. The van der Waals surface area contributed by atoms with E-state index in [2.05, 4.69) is 10.3 Å². The Morgan fingerprint density at radius 2 is 2.04 bits per heavy atom. The minimum Gasteiger partial charge on any atom is -0.497 e. The van der Waals surface area contributed by atoms with Crippen LogP contribution in [0.2, 0.25) is 0 Å². The number of aromatic nitrogens is 1. The Morgan fingerprint density at radius 3 is 2.79 bits per heavy atom. The molecule has 1 N–H and O–H groups in total. The van der Waals surface area contributed by atoms with Crippen LogP contribution in [0.5, 0.6) is 11.5 Å². The highest BCUT2D eigenvalue weighted by Crippen LogP contribution is 2.36. The first-order valence-electron chi connectivity index (χ1n) is 8.78. The lowest BCUT2D eigenvalue weighted by Crippen LogP contribution is -2.28. The molecule has 0 bridgehead atoms. The Kier molecular flexibility index (Phi) is 4.87. The summed E-state index contributed by atoms with van der Waals surface area (Å²) in [4.78, 5) is 31.3. The van der Waals surface area contributed by atoms with Crippen LogP contribution >= 0.6 is 11.3 Å². The molecule has 1 atom stereocenters. The van der Waals surface area contributed by atoms with Crippen molar-refractivity contribution in [2.75, 3.05) is 31.0 Å². The molecular formula is C20H19N3O4S. The second-order valence-corrected chi connectivity index (χ2v) is 7.45. The fourth-order valence-electron chi connectivity index (χ4n) is 3.26. The van der Waals surface area contributed by atoms with E-state index in [0.717, 1.165) is 10.2 Å². The van der Waals surface area contributed by atoms with Gasteiger partial charge in [-0.05, 0) is 24.3 Å². The van der Waals surface area contributed by atoms with Gasteiger partial charge in [0.25, 0.3) is 0 Å². The molecule has 0 spiro atoms. The number of benzene rings is 2. The van der Waals surface area contributed by atoms with Crippen molar-refractivity contribution in [3.05, 3.63) is 42.5 Å². The minimum atomic E-state index is -0.463. The molecule has 2 aromatic carbocycles. The third-order valence-corrected chi connectivity index (χ3v) is 5.65. The number of thiazole rings is 1. The van der Waals surface area contributed by atoms with Crippen molar-refractivity contribution >= 4 is 44.2 Å². The Morgan fingerprint density at radius 1 is 1.21 bits per heavy atom. The molecule has 1 saturated heterocycles. The monoisotopic (exact) mass is 397 g/mol. The van der Waals surface area contributed by atoms with E-state index >= 15 is 0 Å². The highest BCUT2D eigenvalue weighted by atomic mass is 32.1. The molecule has 1 aromatic heterocycles.